The summed E-state index contributed by atoms with van der Waals surface area (Å²) in [5, 5.41) is 2.97. The van der Waals surface area contributed by atoms with Gasteiger partial charge in [-0.3, -0.25) is 18.5 Å². The average molecular weight is 811 g/mol. The van der Waals surface area contributed by atoms with E-state index in [9.17, 15) is 43.7 Å². The summed E-state index contributed by atoms with van der Waals surface area (Å²) in [4.78, 5) is 11.9. The Labute approximate surface area is 321 Å². The van der Waals surface area contributed by atoms with Gasteiger partial charge in [0, 0.05) is 42.5 Å². The molecule has 0 unspecified atom stereocenters. The standard InChI is InChI=1S/C38H55N3O10S3/c1-37(2,30-17-12-18-31(27-30)53(46,47)48)29(15-8-7-9-20-36(42)40-24-11-6-5-10-23-39)16-13-19-35-38(3,4)33-28-32(54(49,50)51)21-22-34(33)41(35)25-14-26-52(43,44)45/h12-13,16-19,21-22,27-28H,5-11,14-15,20,23-26,39H2,1-4H3,(H3-,40,42,43,44,45,46,47,48,49,50,51)/p+1. The van der Waals surface area contributed by atoms with E-state index in [4.69, 9.17) is 5.73 Å². The number of fused-ring (bicyclic) bond motifs is 1. The number of nitrogens with zero attached hydrogens (tertiary/aromatic N) is 1. The third kappa shape index (κ3) is 12.9. The van der Waals surface area contributed by atoms with E-state index in [1.807, 2.05) is 50.5 Å². The summed E-state index contributed by atoms with van der Waals surface area (Å²) in [5.74, 6) is -0.464. The van der Waals surface area contributed by atoms with Crippen LogP contribution in [0.1, 0.15) is 103 Å². The Balaban J connectivity index is 1.93. The third-order valence-corrected chi connectivity index (χ3v) is 12.5. The van der Waals surface area contributed by atoms with Gasteiger partial charge in [0.25, 0.3) is 30.4 Å². The topological polar surface area (TPSA) is 221 Å². The van der Waals surface area contributed by atoms with E-state index in [0.717, 1.165) is 44.1 Å². The largest absolute Gasteiger partial charge is 0.356 e. The van der Waals surface area contributed by atoms with Crippen LogP contribution in [0.25, 0.3) is 0 Å². The van der Waals surface area contributed by atoms with E-state index >= 15 is 0 Å². The van der Waals surface area contributed by atoms with Crippen molar-refractivity contribution in [3.63, 3.8) is 0 Å². The molecule has 1 amide bonds. The normalized spacial score (nSPS) is 15.2. The van der Waals surface area contributed by atoms with E-state index in [1.54, 1.807) is 18.2 Å². The van der Waals surface area contributed by atoms with Gasteiger partial charge in [0.2, 0.25) is 11.6 Å². The van der Waals surface area contributed by atoms with Crippen LogP contribution in [0.15, 0.2) is 76.1 Å². The van der Waals surface area contributed by atoms with Gasteiger partial charge in [0.05, 0.1) is 21.0 Å². The highest BCUT2D eigenvalue weighted by molar-refractivity contribution is 7.86. The number of amides is 1. The summed E-state index contributed by atoms with van der Waals surface area (Å²) in [5.41, 5.74) is 7.59. The van der Waals surface area contributed by atoms with E-state index in [2.05, 4.69) is 5.32 Å². The molecular formula is C38H56N3O10S3+. The molecule has 1 aliphatic rings. The molecule has 1 heterocycles. The first-order valence-corrected chi connectivity index (χ1v) is 22.7. The number of allylic oxidation sites excluding steroid dienone is 4. The average Bonchev–Trinajstić information content (AvgIpc) is 3.28. The lowest BCUT2D eigenvalue weighted by Crippen LogP contribution is -2.28. The molecular weight excluding hydrogens is 755 g/mol. The predicted molar refractivity (Wildman–Crippen MR) is 210 cm³/mol. The van der Waals surface area contributed by atoms with Gasteiger partial charge in [-0.25, -0.2) is 0 Å². The van der Waals surface area contributed by atoms with E-state index in [1.165, 1.54) is 24.3 Å². The molecule has 0 aliphatic carbocycles. The van der Waals surface area contributed by atoms with Crippen molar-refractivity contribution >= 4 is 47.7 Å². The molecule has 1 aliphatic heterocycles. The fourth-order valence-electron chi connectivity index (χ4n) is 6.77. The molecule has 0 radical (unpaired) electrons. The van der Waals surface area contributed by atoms with Crippen molar-refractivity contribution in [1.82, 2.24) is 5.32 Å². The highest BCUT2D eigenvalue weighted by Crippen LogP contribution is 2.42. The molecule has 3 rings (SSSR count). The molecule has 0 saturated carbocycles. The number of nitrogens with one attached hydrogen (secondary N) is 1. The molecule has 2 aromatic carbocycles. The van der Waals surface area contributed by atoms with Crippen LogP contribution in [0.2, 0.25) is 0 Å². The maximum absolute atomic E-state index is 12.4. The summed E-state index contributed by atoms with van der Waals surface area (Å²) >= 11 is 0. The van der Waals surface area contributed by atoms with Crippen molar-refractivity contribution in [3.05, 3.63) is 77.4 Å². The summed E-state index contributed by atoms with van der Waals surface area (Å²) in [6.07, 6.45) is 12.9. The zero-order valence-electron chi connectivity index (χ0n) is 31.6. The molecule has 0 aromatic heterocycles. The number of nitrogens with two attached hydrogens (primary N) is 1. The second kappa shape index (κ2) is 19.1. The maximum Gasteiger partial charge on any atom is 0.294 e. The fourth-order valence-corrected chi connectivity index (χ4v) is 8.30. The minimum Gasteiger partial charge on any atom is -0.356 e. The van der Waals surface area contributed by atoms with Crippen molar-refractivity contribution in [3.8, 4) is 0 Å². The molecule has 300 valence electrons. The molecule has 0 bridgehead atoms. The number of carbonyl (C=O) groups is 1. The first-order valence-electron chi connectivity index (χ1n) is 18.2. The summed E-state index contributed by atoms with van der Waals surface area (Å²) in [7, 11) is -13.2. The third-order valence-electron chi connectivity index (χ3n) is 9.96. The van der Waals surface area contributed by atoms with Crippen LogP contribution in [-0.4, -0.2) is 80.5 Å². The van der Waals surface area contributed by atoms with Gasteiger partial charge < -0.3 is 11.1 Å². The zero-order chi connectivity index (χ0) is 40.4. The van der Waals surface area contributed by atoms with Crippen LogP contribution in [0.3, 0.4) is 0 Å². The minimum atomic E-state index is -4.50. The number of hydrogen-bond acceptors (Lipinski definition) is 8. The van der Waals surface area contributed by atoms with Gasteiger partial charge in [0.1, 0.15) is 6.54 Å². The SMILES string of the molecule is CC(C)(C(=CC=CC1=[N+](CCCS(=O)(=O)O)c2ccc(S(=O)(=O)O)cc2C1(C)C)CCCCCC(=O)NCCCCCCN)c1cccc(S(=O)(=O)O)c1. The van der Waals surface area contributed by atoms with Gasteiger partial charge in [0.15, 0.2) is 5.71 Å². The smallest absolute Gasteiger partial charge is 0.294 e. The van der Waals surface area contributed by atoms with Crippen molar-refractivity contribution in [1.29, 1.82) is 0 Å². The van der Waals surface area contributed by atoms with E-state index in [-0.39, 0.29) is 28.7 Å². The molecule has 0 saturated heterocycles. The van der Waals surface area contributed by atoms with Gasteiger partial charge in [-0.05, 0) is 82.3 Å². The molecule has 6 N–H and O–H groups in total. The summed E-state index contributed by atoms with van der Waals surface area (Å²) in [6, 6.07) is 10.4. The fraction of sp³-hybridized carbons (Fsp3) is 0.526. The van der Waals surface area contributed by atoms with Crippen LogP contribution >= 0.6 is 0 Å². The monoisotopic (exact) mass is 810 g/mol. The number of rotatable bonds is 22. The lowest BCUT2D eigenvalue weighted by molar-refractivity contribution is -0.437. The van der Waals surface area contributed by atoms with Crippen molar-refractivity contribution in [2.75, 3.05) is 25.4 Å². The summed E-state index contributed by atoms with van der Waals surface area (Å²) in [6.45, 7) is 9.18. The van der Waals surface area contributed by atoms with Crippen molar-refractivity contribution in [2.45, 2.75) is 113 Å². The molecule has 54 heavy (non-hydrogen) atoms. The maximum atomic E-state index is 12.4. The van der Waals surface area contributed by atoms with Crippen LogP contribution in [0.4, 0.5) is 5.69 Å². The first-order chi connectivity index (χ1) is 25.1. The quantitative estimate of drug-likeness (QED) is 0.0409. The van der Waals surface area contributed by atoms with E-state index < -0.39 is 46.9 Å². The lowest BCUT2D eigenvalue weighted by Gasteiger charge is -2.29. The second-order valence-corrected chi connectivity index (χ2v) is 19.2. The van der Waals surface area contributed by atoms with Crippen LogP contribution in [0, 0.1) is 0 Å². The minimum absolute atomic E-state index is 0.0110. The van der Waals surface area contributed by atoms with Gasteiger partial charge >= 0.3 is 0 Å². The van der Waals surface area contributed by atoms with E-state index in [0.29, 0.717) is 54.9 Å². The predicted octanol–water partition coefficient (Wildman–Crippen LogP) is 5.88. The zero-order valence-corrected chi connectivity index (χ0v) is 34.1. The Kier molecular flexibility index (Phi) is 15.9. The van der Waals surface area contributed by atoms with Crippen LogP contribution in [0.5, 0.6) is 0 Å². The number of hydrogen-bond donors (Lipinski definition) is 5. The molecule has 0 fully saturated rings. The molecule has 0 atom stereocenters. The summed E-state index contributed by atoms with van der Waals surface area (Å²) < 4.78 is 102. The van der Waals surface area contributed by atoms with Gasteiger partial charge in [-0.1, -0.05) is 63.0 Å². The Bertz CT molecular complexity index is 2070. The Hall–Kier alpha value is -3.25. The number of benzene rings is 2. The Morgan fingerprint density at radius 2 is 1.46 bits per heavy atom. The molecule has 13 nitrogen and oxygen atoms in total. The second-order valence-electron chi connectivity index (χ2n) is 14.7. The highest BCUT2D eigenvalue weighted by atomic mass is 32.2. The highest BCUT2D eigenvalue weighted by Gasteiger charge is 2.45. The van der Waals surface area contributed by atoms with Crippen molar-refractivity contribution in [2.24, 2.45) is 5.73 Å². The molecule has 16 heteroatoms. The Morgan fingerprint density at radius 3 is 2.11 bits per heavy atom. The molecule has 0 spiro atoms. The number of unbranched alkanes of at least 4 members (excludes halogenated alkanes) is 5. The van der Waals surface area contributed by atoms with Crippen LogP contribution in [-0.2, 0) is 46.0 Å². The van der Waals surface area contributed by atoms with Gasteiger partial charge in [-0.15, -0.1) is 0 Å². The van der Waals surface area contributed by atoms with Crippen molar-refractivity contribution < 1.29 is 48.3 Å². The first kappa shape index (κ1) is 45.1. The number of carbonyl (C=O) groups excluding carboxylic acids is 1. The Morgan fingerprint density at radius 1 is 0.833 bits per heavy atom. The van der Waals surface area contributed by atoms with Gasteiger partial charge in [-0.2, -0.15) is 29.8 Å². The lowest BCUT2D eigenvalue weighted by atomic mass is 9.75. The van der Waals surface area contributed by atoms with Crippen LogP contribution < -0.4 is 11.1 Å². The molecule has 2 aromatic rings.